The van der Waals surface area contributed by atoms with E-state index in [-0.39, 0.29) is 6.61 Å². The fraction of sp³-hybridized carbons (Fsp3) is 0.571. The molecule has 0 N–H and O–H groups in total. The minimum atomic E-state index is -1.13. The van der Waals surface area contributed by atoms with Crippen LogP contribution in [-0.2, 0) is 14.2 Å². The van der Waals surface area contributed by atoms with Gasteiger partial charge in [-0.2, -0.15) is 0 Å². The number of para-hydroxylation sites is 1. The minimum Gasteiger partial charge on any atom is -0.484 e. The number of ether oxygens (including phenoxy) is 4. The molecular formula is C14H23O4P. The van der Waals surface area contributed by atoms with Gasteiger partial charge in [-0.1, -0.05) is 18.2 Å². The average Bonchev–Trinajstić information content (AvgIpc) is 2.39. The number of rotatable bonds is 9. The fourth-order valence-corrected chi connectivity index (χ4v) is 1.98. The van der Waals surface area contributed by atoms with Crippen LogP contribution in [0.2, 0.25) is 0 Å². The van der Waals surface area contributed by atoms with Gasteiger partial charge in [-0.3, -0.25) is 0 Å². The molecule has 0 amide bonds. The molecule has 1 aromatic carbocycles. The molecule has 0 aliphatic heterocycles. The van der Waals surface area contributed by atoms with Crippen molar-refractivity contribution in [3.8, 4) is 5.75 Å². The molecule has 0 aromatic heterocycles. The molecule has 108 valence electrons. The smallest absolute Gasteiger partial charge is 0.319 e. The van der Waals surface area contributed by atoms with Crippen LogP contribution in [0.25, 0.3) is 0 Å². The first-order valence-electron chi connectivity index (χ1n) is 6.56. The monoisotopic (exact) mass is 286 g/mol. The third-order valence-corrected chi connectivity index (χ3v) is 2.89. The van der Waals surface area contributed by atoms with Gasteiger partial charge in [-0.15, -0.1) is 9.24 Å². The molecule has 4 nitrogen and oxygen atoms in total. The van der Waals surface area contributed by atoms with E-state index >= 15 is 0 Å². The van der Waals surface area contributed by atoms with E-state index < -0.39 is 5.97 Å². The zero-order valence-corrected chi connectivity index (χ0v) is 13.0. The van der Waals surface area contributed by atoms with Gasteiger partial charge in [-0.05, 0) is 26.8 Å². The predicted octanol–water partition coefficient (Wildman–Crippen LogP) is 2.33. The number of hydrogen-bond acceptors (Lipinski definition) is 4. The van der Waals surface area contributed by atoms with E-state index in [1.54, 1.807) is 0 Å². The highest BCUT2D eigenvalue weighted by molar-refractivity contribution is 7.27. The molecule has 0 saturated carbocycles. The lowest BCUT2D eigenvalue weighted by Gasteiger charge is -2.32. The molecule has 0 radical (unpaired) electrons. The van der Waals surface area contributed by atoms with Crippen LogP contribution in [0.1, 0.15) is 20.8 Å². The molecule has 0 heterocycles. The van der Waals surface area contributed by atoms with E-state index in [1.807, 2.05) is 45.0 Å². The molecular weight excluding hydrogens is 263 g/mol. The van der Waals surface area contributed by atoms with E-state index in [0.29, 0.717) is 19.8 Å². The van der Waals surface area contributed by atoms with Gasteiger partial charge in [0.25, 0.3) is 0 Å². The lowest BCUT2D eigenvalue weighted by molar-refractivity contribution is -0.384. The molecule has 0 saturated heterocycles. The Hall–Kier alpha value is -0.670. The highest BCUT2D eigenvalue weighted by Gasteiger charge is 2.34. The van der Waals surface area contributed by atoms with E-state index in [2.05, 4.69) is 9.24 Å². The molecule has 0 aliphatic rings. The minimum absolute atomic E-state index is 0.188. The summed E-state index contributed by atoms with van der Waals surface area (Å²) in [6.45, 7) is 7.36. The number of hydrogen-bond donors (Lipinski definition) is 0. The molecule has 1 rings (SSSR count). The van der Waals surface area contributed by atoms with Gasteiger partial charge in [0, 0.05) is 25.1 Å². The first kappa shape index (κ1) is 16.4. The molecule has 0 aliphatic carbocycles. The molecule has 5 heteroatoms. The molecule has 19 heavy (non-hydrogen) atoms. The standard InChI is InChI=1S/C14H23O4P/c1-4-16-14(17-5-2,18-6-3)11-15-12-9-7-8-10-13(12)19/h7-10H,4-6,11,19H2,1-3H3. The molecule has 1 aromatic rings. The average molecular weight is 286 g/mol. The summed E-state index contributed by atoms with van der Waals surface area (Å²) in [5.41, 5.74) is 0. The van der Waals surface area contributed by atoms with Crippen molar-refractivity contribution in [2.45, 2.75) is 26.7 Å². The summed E-state index contributed by atoms with van der Waals surface area (Å²) in [7, 11) is 2.64. The Bertz CT molecular complexity index is 353. The van der Waals surface area contributed by atoms with Crippen molar-refractivity contribution in [3.63, 3.8) is 0 Å². The van der Waals surface area contributed by atoms with Crippen LogP contribution in [0.3, 0.4) is 0 Å². The van der Waals surface area contributed by atoms with Crippen LogP contribution >= 0.6 is 9.24 Å². The Morgan fingerprint density at radius 3 is 1.95 bits per heavy atom. The first-order chi connectivity index (χ1) is 9.17. The zero-order chi connectivity index (χ0) is 14.1. The van der Waals surface area contributed by atoms with Gasteiger partial charge in [0.1, 0.15) is 5.75 Å². The Balaban J connectivity index is 2.73. The van der Waals surface area contributed by atoms with Gasteiger partial charge in [0.2, 0.25) is 0 Å². The summed E-state index contributed by atoms with van der Waals surface area (Å²) >= 11 is 0. The molecule has 1 atom stereocenters. The van der Waals surface area contributed by atoms with Gasteiger partial charge in [0.15, 0.2) is 6.61 Å². The summed E-state index contributed by atoms with van der Waals surface area (Å²) in [5, 5.41) is 0.987. The Kier molecular flexibility index (Phi) is 7.32. The summed E-state index contributed by atoms with van der Waals surface area (Å²) in [5.74, 6) is -0.360. The quantitative estimate of drug-likeness (QED) is 0.516. The third-order valence-electron chi connectivity index (χ3n) is 2.42. The Morgan fingerprint density at radius 1 is 0.947 bits per heavy atom. The van der Waals surface area contributed by atoms with Crippen LogP contribution in [0, 0.1) is 0 Å². The van der Waals surface area contributed by atoms with Crippen LogP contribution in [0.5, 0.6) is 5.75 Å². The maximum absolute atomic E-state index is 5.76. The van der Waals surface area contributed by atoms with Gasteiger partial charge < -0.3 is 18.9 Å². The number of benzene rings is 1. The van der Waals surface area contributed by atoms with Crippen LogP contribution < -0.4 is 10.0 Å². The van der Waals surface area contributed by atoms with E-state index in [4.69, 9.17) is 18.9 Å². The maximum Gasteiger partial charge on any atom is 0.319 e. The van der Waals surface area contributed by atoms with Crippen molar-refractivity contribution in [1.82, 2.24) is 0 Å². The van der Waals surface area contributed by atoms with Crippen LogP contribution in [0.15, 0.2) is 24.3 Å². The van der Waals surface area contributed by atoms with Crippen molar-refractivity contribution in [1.29, 1.82) is 0 Å². The SMILES string of the molecule is CCOC(COc1ccccc1P)(OCC)OCC. The summed E-state index contributed by atoms with van der Waals surface area (Å²) in [6.07, 6.45) is 0. The second-order valence-electron chi connectivity index (χ2n) is 3.81. The zero-order valence-electron chi connectivity index (χ0n) is 11.8. The van der Waals surface area contributed by atoms with Crippen molar-refractivity contribution < 1.29 is 18.9 Å². The van der Waals surface area contributed by atoms with Crippen molar-refractivity contribution in [2.24, 2.45) is 0 Å². The van der Waals surface area contributed by atoms with Crippen molar-refractivity contribution in [2.75, 3.05) is 26.4 Å². The van der Waals surface area contributed by atoms with E-state index in [0.717, 1.165) is 11.1 Å². The molecule has 0 fully saturated rings. The van der Waals surface area contributed by atoms with Gasteiger partial charge in [0.05, 0.1) is 0 Å². The highest BCUT2D eigenvalue weighted by atomic mass is 31.0. The second kappa shape index (κ2) is 8.49. The molecule has 1 unspecified atom stereocenters. The predicted molar refractivity (Wildman–Crippen MR) is 78.9 cm³/mol. The van der Waals surface area contributed by atoms with E-state index in [9.17, 15) is 0 Å². The Morgan fingerprint density at radius 2 is 1.47 bits per heavy atom. The van der Waals surface area contributed by atoms with E-state index in [1.165, 1.54) is 0 Å². The normalized spacial score (nSPS) is 11.6. The second-order valence-corrected chi connectivity index (χ2v) is 4.43. The lowest BCUT2D eigenvalue weighted by atomic mass is 10.3. The summed E-state index contributed by atoms with van der Waals surface area (Å²) in [4.78, 5) is 0. The van der Waals surface area contributed by atoms with Gasteiger partial charge >= 0.3 is 5.97 Å². The first-order valence-corrected chi connectivity index (χ1v) is 7.14. The third kappa shape index (κ3) is 5.07. The maximum atomic E-state index is 5.76. The summed E-state index contributed by atoms with van der Waals surface area (Å²) in [6, 6.07) is 7.74. The topological polar surface area (TPSA) is 36.9 Å². The highest BCUT2D eigenvalue weighted by Crippen LogP contribution is 2.19. The van der Waals surface area contributed by atoms with Crippen molar-refractivity contribution >= 4 is 14.5 Å². The lowest BCUT2D eigenvalue weighted by Crippen LogP contribution is -2.45. The molecule has 0 bridgehead atoms. The largest absolute Gasteiger partial charge is 0.484 e. The van der Waals surface area contributed by atoms with Gasteiger partial charge in [-0.25, -0.2) is 0 Å². The molecule has 0 spiro atoms. The van der Waals surface area contributed by atoms with Crippen LogP contribution in [-0.4, -0.2) is 32.4 Å². The fourth-order valence-electron chi connectivity index (χ4n) is 1.69. The van der Waals surface area contributed by atoms with Crippen molar-refractivity contribution in [3.05, 3.63) is 24.3 Å². The van der Waals surface area contributed by atoms with Crippen LogP contribution in [0.4, 0.5) is 0 Å². The Labute approximate surface area is 117 Å². The summed E-state index contributed by atoms with van der Waals surface area (Å²) < 4.78 is 22.6.